The van der Waals surface area contributed by atoms with Gasteiger partial charge >= 0.3 is 0 Å². The normalized spacial score (nSPS) is 11.3. The molecule has 0 amide bonds. The highest BCUT2D eigenvalue weighted by Gasteiger charge is 2.11. The fourth-order valence-electron chi connectivity index (χ4n) is 1.08. The summed E-state index contributed by atoms with van der Waals surface area (Å²) in [7, 11) is -2.21. The highest BCUT2D eigenvalue weighted by Crippen LogP contribution is 2.18. The van der Waals surface area contributed by atoms with Crippen LogP contribution in [0.5, 0.6) is 0 Å². The minimum absolute atomic E-state index is 0.114. The Morgan fingerprint density at radius 1 is 1.35 bits per heavy atom. The van der Waals surface area contributed by atoms with Crippen LogP contribution in [0.2, 0.25) is 0 Å². The number of hydrogen-bond acceptors (Lipinski definition) is 5. The quantitative estimate of drug-likeness (QED) is 0.702. The van der Waals surface area contributed by atoms with Crippen LogP contribution in [0.3, 0.4) is 0 Å². The number of anilines is 2. The van der Waals surface area contributed by atoms with E-state index in [2.05, 4.69) is 15.6 Å². The minimum atomic E-state index is -3.63. The van der Waals surface area contributed by atoms with Crippen molar-refractivity contribution in [3.05, 3.63) is 17.7 Å². The van der Waals surface area contributed by atoms with Crippen LogP contribution in [0.15, 0.2) is 6.07 Å². The molecule has 4 N–H and O–H groups in total. The number of hydrogen-bond donors (Lipinski definition) is 3. The largest absolute Gasteiger partial charge is 0.371 e. The highest BCUT2D eigenvalue weighted by molar-refractivity contribution is 7.89. The maximum absolute atomic E-state index is 13.2. The second kappa shape index (κ2) is 5.23. The summed E-state index contributed by atoms with van der Waals surface area (Å²) in [5.41, 5.74) is 0. The Hall–Kier alpha value is -1.48. The van der Waals surface area contributed by atoms with Crippen molar-refractivity contribution < 1.29 is 17.2 Å². The van der Waals surface area contributed by atoms with Crippen LogP contribution in [0, 0.1) is 11.6 Å². The van der Waals surface area contributed by atoms with Gasteiger partial charge in [0.05, 0.1) is 5.75 Å². The van der Waals surface area contributed by atoms with Crippen molar-refractivity contribution in [1.82, 2.24) is 4.98 Å². The number of aromatic nitrogens is 1. The van der Waals surface area contributed by atoms with Gasteiger partial charge in [-0.1, -0.05) is 0 Å². The third-order valence-corrected chi connectivity index (χ3v) is 2.62. The zero-order valence-electron chi connectivity index (χ0n) is 9.00. The number of halogens is 2. The molecule has 96 valence electrons. The topological polar surface area (TPSA) is 97.1 Å². The maximum atomic E-state index is 13.2. The van der Waals surface area contributed by atoms with E-state index in [0.29, 0.717) is 6.07 Å². The van der Waals surface area contributed by atoms with E-state index in [4.69, 9.17) is 5.14 Å². The molecule has 9 heteroatoms. The molecule has 1 heterocycles. The molecule has 0 saturated carbocycles. The summed E-state index contributed by atoms with van der Waals surface area (Å²) in [4.78, 5) is 3.60. The van der Waals surface area contributed by atoms with Gasteiger partial charge < -0.3 is 10.6 Å². The SMILES string of the molecule is CNc1nc(NCCS(N)(=O)=O)c(F)cc1F. The van der Waals surface area contributed by atoms with E-state index in [0.717, 1.165) is 0 Å². The molecule has 0 aliphatic rings. The Bertz CT molecular complexity index is 506. The van der Waals surface area contributed by atoms with Crippen molar-refractivity contribution >= 4 is 21.7 Å². The number of nitrogens with one attached hydrogen (secondary N) is 2. The zero-order chi connectivity index (χ0) is 13.1. The molecule has 0 radical (unpaired) electrons. The van der Waals surface area contributed by atoms with Gasteiger partial charge in [-0.3, -0.25) is 0 Å². The molecule has 1 rings (SSSR count). The van der Waals surface area contributed by atoms with Gasteiger partial charge in [-0.25, -0.2) is 27.3 Å². The van der Waals surface area contributed by atoms with E-state index in [1.807, 2.05) is 0 Å². The van der Waals surface area contributed by atoms with E-state index >= 15 is 0 Å². The molecule has 0 bridgehead atoms. The zero-order valence-corrected chi connectivity index (χ0v) is 9.81. The molecule has 17 heavy (non-hydrogen) atoms. The van der Waals surface area contributed by atoms with Crippen LogP contribution in [0.1, 0.15) is 0 Å². The highest BCUT2D eigenvalue weighted by atomic mass is 32.2. The number of sulfonamides is 1. The van der Waals surface area contributed by atoms with Crippen molar-refractivity contribution in [2.24, 2.45) is 5.14 Å². The predicted molar refractivity (Wildman–Crippen MR) is 60.2 cm³/mol. The van der Waals surface area contributed by atoms with Gasteiger partial charge in [0, 0.05) is 19.7 Å². The van der Waals surface area contributed by atoms with Gasteiger partial charge in [0.1, 0.15) is 0 Å². The Morgan fingerprint density at radius 2 is 1.94 bits per heavy atom. The van der Waals surface area contributed by atoms with E-state index in [9.17, 15) is 17.2 Å². The third kappa shape index (κ3) is 4.11. The van der Waals surface area contributed by atoms with Gasteiger partial charge in [-0.2, -0.15) is 0 Å². The number of pyridine rings is 1. The fraction of sp³-hybridized carbons (Fsp3) is 0.375. The monoisotopic (exact) mass is 266 g/mol. The van der Waals surface area contributed by atoms with Crippen molar-refractivity contribution in [1.29, 1.82) is 0 Å². The summed E-state index contributed by atoms with van der Waals surface area (Å²) >= 11 is 0. The second-order valence-corrected chi connectivity index (χ2v) is 4.93. The summed E-state index contributed by atoms with van der Waals surface area (Å²) in [5.74, 6) is -2.48. The van der Waals surface area contributed by atoms with Crippen molar-refractivity contribution in [3.63, 3.8) is 0 Å². The van der Waals surface area contributed by atoms with Crippen LogP contribution < -0.4 is 15.8 Å². The second-order valence-electron chi connectivity index (χ2n) is 3.19. The van der Waals surface area contributed by atoms with Crippen LogP contribution in [-0.2, 0) is 10.0 Å². The summed E-state index contributed by atoms with van der Waals surface area (Å²) < 4.78 is 47.5. The average Bonchev–Trinajstić information content (AvgIpc) is 2.19. The predicted octanol–water partition coefficient (Wildman–Crippen LogP) is 0.102. The van der Waals surface area contributed by atoms with E-state index in [1.165, 1.54) is 7.05 Å². The standard InChI is InChI=1S/C8H12F2N4O2S/c1-12-7-5(9)4-6(10)8(14-7)13-2-3-17(11,15)16/h4H,2-3H2,1H3,(H2,11,15,16)(H2,12,13,14). The molecule has 0 fully saturated rings. The van der Waals surface area contributed by atoms with Gasteiger partial charge in [0.15, 0.2) is 23.3 Å². The third-order valence-electron chi connectivity index (χ3n) is 1.85. The first-order chi connectivity index (χ1) is 7.83. The first kappa shape index (κ1) is 13.6. The van der Waals surface area contributed by atoms with Crippen LogP contribution in [-0.4, -0.2) is 32.7 Å². The minimum Gasteiger partial charge on any atom is -0.371 e. The molecule has 0 saturated heterocycles. The fourth-order valence-corrected chi connectivity index (χ4v) is 1.46. The van der Waals surface area contributed by atoms with Crippen molar-refractivity contribution in [2.45, 2.75) is 0 Å². The summed E-state index contributed by atoms with van der Waals surface area (Å²) in [6.45, 7) is -0.114. The molecule has 1 aromatic heterocycles. The lowest BCUT2D eigenvalue weighted by atomic mass is 10.4. The molecule has 0 atom stereocenters. The number of nitrogens with two attached hydrogens (primary N) is 1. The van der Waals surface area contributed by atoms with Gasteiger partial charge in [0.2, 0.25) is 10.0 Å². The van der Waals surface area contributed by atoms with Crippen LogP contribution in [0.25, 0.3) is 0 Å². The lowest BCUT2D eigenvalue weighted by Crippen LogP contribution is -2.23. The Morgan fingerprint density at radius 3 is 2.47 bits per heavy atom. The van der Waals surface area contributed by atoms with E-state index < -0.39 is 21.7 Å². The Labute approximate surface area is 97.3 Å². The summed E-state index contributed by atoms with van der Waals surface area (Å²) in [6.07, 6.45) is 0. The lowest BCUT2D eigenvalue weighted by molar-refractivity contribution is 0.578. The maximum Gasteiger partial charge on any atom is 0.210 e. The molecule has 0 aliphatic carbocycles. The van der Waals surface area contributed by atoms with E-state index in [1.54, 1.807) is 0 Å². The summed E-state index contributed by atoms with van der Waals surface area (Å²) in [5, 5.41) is 9.62. The van der Waals surface area contributed by atoms with Crippen LogP contribution in [0.4, 0.5) is 20.4 Å². The molecule has 1 aromatic rings. The molecular weight excluding hydrogens is 254 g/mol. The first-order valence-electron chi connectivity index (χ1n) is 4.61. The summed E-state index contributed by atoms with van der Waals surface area (Å²) in [6, 6.07) is 0.651. The van der Waals surface area contributed by atoms with Crippen LogP contribution >= 0.6 is 0 Å². The number of nitrogens with zero attached hydrogens (tertiary/aromatic N) is 1. The van der Waals surface area contributed by atoms with Gasteiger partial charge in [0.25, 0.3) is 0 Å². The molecule has 0 spiro atoms. The molecule has 6 nitrogen and oxygen atoms in total. The first-order valence-corrected chi connectivity index (χ1v) is 6.33. The van der Waals surface area contributed by atoms with Crippen molar-refractivity contribution in [3.8, 4) is 0 Å². The smallest absolute Gasteiger partial charge is 0.210 e. The Kier molecular flexibility index (Phi) is 4.18. The van der Waals surface area contributed by atoms with Crippen molar-refractivity contribution in [2.75, 3.05) is 30.0 Å². The molecule has 0 unspecified atom stereocenters. The molecule has 0 aliphatic heterocycles. The van der Waals surface area contributed by atoms with E-state index in [-0.39, 0.29) is 23.9 Å². The molecular formula is C8H12F2N4O2S. The van der Waals surface area contributed by atoms with Gasteiger partial charge in [-0.05, 0) is 0 Å². The Balaban J connectivity index is 2.77. The lowest BCUT2D eigenvalue weighted by Gasteiger charge is -2.08. The molecule has 0 aromatic carbocycles. The average molecular weight is 266 g/mol. The number of rotatable bonds is 5. The van der Waals surface area contributed by atoms with Gasteiger partial charge in [-0.15, -0.1) is 0 Å². The number of primary sulfonamides is 1.